The van der Waals surface area contributed by atoms with Crippen LogP contribution in [-0.4, -0.2) is 32.7 Å². The molecule has 0 spiro atoms. The molecule has 0 radical (unpaired) electrons. The minimum atomic E-state index is -0.0459. The van der Waals surface area contributed by atoms with Crippen LogP contribution in [0, 0.1) is 0 Å². The predicted octanol–water partition coefficient (Wildman–Crippen LogP) is 3.28. The Balaban J connectivity index is 1.41. The van der Waals surface area contributed by atoms with Crippen LogP contribution < -0.4 is 15.0 Å². The molecule has 0 unspecified atom stereocenters. The fourth-order valence-corrected chi connectivity index (χ4v) is 3.08. The summed E-state index contributed by atoms with van der Waals surface area (Å²) >= 11 is 0. The van der Waals surface area contributed by atoms with Crippen molar-refractivity contribution >= 4 is 17.7 Å². The number of hydrogen-bond acceptors (Lipinski definition) is 3. The smallest absolute Gasteiger partial charge is 0.244 e. The molecular formula is C21H24N2O2. The van der Waals surface area contributed by atoms with Crippen molar-refractivity contribution in [1.29, 1.82) is 0 Å². The number of nitrogens with one attached hydrogen (secondary N) is 1. The molecule has 4 nitrogen and oxygen atoms in total. The summed E-state index contributed by atoms with van der Waals surface area (Å²) in [5.41, 5.74) is 3.66. The van der Waals surface area contributed by atoms with E-state index in [1.165, 1.54) is 11.3 Å². The highest BCUT2D eigenvalue weighted by Crippen LogP contribution is 2.31. The van der Waals surface area contributed by atoms with E-state index in [-0.39, 0.29) is 5.91 Å². The normalized spacial score (nSPS) is 13.1. The van der Waals surface area contributed by atoms with Crippen LogP contribution in [0.5, 0.6) is 5.75 Å². The summed E-state index contributed by atoms with van der Waals surface area (Å²) in [6.07, 6.45) is 5.40. The van der Waals surface area contributed by atoms with Gasteiger partial charge in [-0.2, -0.15) is 0 Å². The van der Waals surface area contributed by atoms with E-state index in [2.05, 4.69) is 22.3 Å². The molecule has 3 rings (SSSR count). The van der Waals surface area contributed by atoms with Crippen LogP contribution in [0.1, 0.15) is 17.5 Å². The molecule has 0 saturated carbocycles. The number of amides is 1. The first-order valence-electron chi connectivity index (χ1n) is 8.69. The third-order valence-corrected chi connectivity index (χ3v) is 4.41. The van der Waals surface area contributed by atoms with Gasteiger partial charge in [-0.25, -0.2) is 0 Å². The van der Waals surface area contributed by atoms with E-state index in [0.717, 1.165) is 37.2 Å². The van der Waals surface area contributed by atoms with E-state index in [9.17, 15) is 4.79 Å². The fraction of sp³-hybridized carbons (Fsp3) is 0.286. The van der Waals surface area contributed by atoms with Gasteiger partial charge < -0.3 is 15.0 Å². The minimum Gasteiger partial charge on any atom is -0.497 e. The molecule has 2 aromatic carbocycles. The fourth-order valence-electron chi connectivity index (χ4n) is 3.08. The number of rotatable bonds is 7. The van der Waals surface area contributed by atoms with Crippen LogP contribution in [0.4, 0.5) is 5.69 Å². The van der Waals surface area contributed by atoms with E-state index >= 15 is 0 Å². The maximum atomic E-state index is 11.9. The highest BCUT2D eigenvalue weighted by molar-refractivity contribution is 5.91. The van der Waals surface area contributed by atoms with Gasteiger partial charge in [-0.15, -0.1) is 0 Å². The largest absolute Gasteiger partial charge is 0.497 e. The van der Waals surface area contributed by atoms with Crippen molar-refractivity contribution in [3.63, 3.8) is 0 Å². The van der Waals surface area contributed by atoms with E-state index < -0.39 is 0 Å². The molecule has 0 bridgehead atoms. The van der Waals surface area contributed by atoms with Gasteiger partial charge in [-0.3, -0.25) is 4.79 Å². The Kier molecular flexibility index (Phi) is 5.73. The zero-order chi connectivity index (χ0) is 17.5. The maximum absolute atomic E-state index is 11.9. The van der Waals surface area contributed by atoms with Crippen molar-refractivity contribution in [2.75, 3.05) is 31.6 Å². The molecule has 0 atom stereocenters. The number of ether oxygens (including phenoxy) is 1. The van der Waals surface area contributed by atoms with Crippen molar-refractivity contribution in [2.45, 2.75) is 12.8 Å². The number of benzene rings is 2. The van der Waals surface area contributed by atoms with E-state index in [4.69, 9.17) is 4.74 Å². The Morgan fingerprint density at radius 2 is 2.08 bits per heavy atom. The lowest BCUT2D eigenvalue weighted by Gasteiger charge is -2.19. The summed E-state index contributed by atoms with van der Waals surface area (Å²) in [5, 5.41) is 2.95. The summed E-state index contributed by atoms with van der Waals surface area (Å²) in [7, 11) is 1.70. The van der Waals surface area contributed by atoms with Gasteiger partial charge in [-0.1, -0.05) is 30.3 Å². The maximum Gasteiger partial charge on any atom is 0.244 e. The lowest BCUT2D eigenvalue weighted by molar-refractivity contribution is -0.116. The third-order valence-electron chi connectivity index (χ3n) is 4.41. The Morgan fingerprint density at radius 1 is 1.24 bits per heavy atom. The van der Waals surface area contributed by atoms with Gasteiger partial charge in [-0.05, 0) is 48.2 Å². The Hall–Kier alpha value is -2.75. The zero-order valence-corrected chi connectivity index (χ0v) is 14.6. The topological polar surface area (TPSA) is 41.6 Å². The Bertz CT molecular complexity index is 741. The van der Waals surface area contributed by atoms with Crippen LogP contribution in [0.25, 0.3) is 6.08 Å². The SMILES string of the molecule is COc1ccc2c(c1)CCN2CCCNC(=O)/C=C/c1ccccc1. The molecule has 1 N–H and O–H groups in total. The second-order valence-corrected chi connectivity index (χ2v) is 6.12. The molecule has 1 aliphatic rings. The first kappa shape index (κ1) is 17.1. The monoisotopic (exact) mass is 336 g/mol. The molecule has 130 valence electrons. The summed E-state index contributed by atoms with van der Waals surface area (Å²) in [6, 6.07) is 16.1. The first-order valence-corrected chi connectivity index (χ1v) is 8.69. The lowest BCUT2D eigenvalue weighted by Crippen LogP contribution is -2.28. The lowest BCUT2D eigenvalue weighted by atomic mass is 10.1. The van der Waals surface area contributed by atoms with Gasteiger partial charge in [0.1, 0.15) is 5.75 Å². The van der Waals surface area contributed by atoms with Crippen LogP contribution in [0.15, 0.2) is 54.6 Å². The molecule has 4 heteroatoms. The van der Waals surface area contributed by atoms with Gasteiger partial charge >= 0.3 is 0 Å². The standard InChI is InChI=1S/C21H24N2O2/c1-25-19-9-10-20-18(16-19)12-15-23(20)14-5-13-22-21(24)11-8-17-6-3-2-4-7-17/h2-4,6-11,16H,5,12-15H2,1H3,(H,22,24)/b11-8+. The summed E-state index contributed by atoms with van der Waals surface area (Å²) in [5.74, 6) is 0.869. The first-order chi connectivity index (χ1) is 12.3. The highest BCUT2D eigenvalue weighted by atomic mass is 16.5. The second-order valence-electron chi connectivity index (χ2n) is 6.12. The van der Waals surface area contributed by atoms with Crippen LogP contribution in [0.2, 0.25) is 0 Å². The molecule has 0 aromatic heterocycles. The van der Waals surface area contributed by atoms with E-state index in [1.807, 2.05) is 42.5 Å². The molecule has 0 fully saturated rings. The van der Waals surface area contributed by atoms with Crippen LogP contribution in [0.3, 0.4) is 0 Å². The minimum absolute atomic E-state index is 0.0459. The van der Waals surface area contributed by atoms with Crippen molar-refractivity contribution in [3.8, 4) is 5.75 Å². The number of anilines is 1. The van der Waals surface area contributed by atoms with Crippen molar-refractivity contribution < 1.29 is 9.53 Å². The molecule has 0 aliphatic carbocycles. The van der Waals surface area contributed by atoms with E-state index in [1.54, 1.807) is 13.2 Å². The molecular weight excluding hydrogens is 312 g/mol. The average Bonchev–Trinajstić information content (AvgIpc) is 3.06. The van der Waals surface area contributed by atoms with Gasteiger partial charge in [0, 0.05) is 31.4 Å². The van der Waals surface area contributed by atoms with Gasteiger partial charge in [0.15, 0.2) is 0 Å². The molecule has 1 aliphatic heterocycles. The van der Waals surface area contributed by atoms with Crippen molar-refractivity contribution in [3.05, 3.63) is 65.7 Å². The zero-order valence-electron chi connectivity index (χ0n) is 14.6. The quantitative estimate of drug-likeness (QED) is 0.623. The molecule has 25 heavy (non-hydrogen) atoms. The summed E-state index contributed by atoms with van der Waals surface area (Å²) in [6.45, 7) is 2.66. The van der Waals surface area contributed by atoms with E-state index in [0.29, 0.717) is 6.54 Å². The number of hydrogen-bond donors (Lipinski definition) is 1. The van der Waals surface area contributed by atoms with Crippen molar-refractivity contribution in [1.82, 2.24) is 5.32 Å². The second kappa shape index (κ2) is 8.38. The predicted molar refractivity (Wildman–Crippen MR) is 102 cm³/mol. The molecule has 0 saturated heterocycles. The molecule has 1 heterocycles. The number of carbonyl (C=O) groups is 1. The number of carbonyl (C=O) groups excluding carboxylic acids is 1. The molecule has 1 amide bonds. The molecule has 2 aromatic rings. The Morgan fingerprint density at radius 3 is 2.88 bits per heavy atom. The van der Waals surface area contributed by atoms with Gasteiger partial charge in [0.05, 0.1) is 7.11 Å². The highest BCUT2D eigenvalue weighted by Gasteiger charge is 2.18. The third kappa shape index (κ3) is 4.63. The summed E-state index contributed by atoms with van der Waals surface area (Å²) in [4.78, 5) is 14.2. The number of fused-ring (bicyclic) bond motifs is 1. The number of methoxy groups -OCH3 is 1. The van der Waals surface area contributed by atoms with Gasteiger partial charge in [0.25, 0.3) is 0 Å². The van der Waals surface area contributed by atoms with Crippen molar-refractivity contribution in [2.24, 2.45) is 0 Å². The average molecular weight is 336 g/mol. The van der Waals surface area contributed by atoms with Crippen LogP contribution >= 0.6 is 0 Å². The van der Waals surface area contributed by atoms with Gasteiger partial charge in [0.2, 0.25) is 5.91 Å². The Labute approximate surface area is 149 Å². The van der Waals surface area contributed by atoms with Crippen LogP contribution in [-0.2, 0) is 11.2 Å². The number of nitrogens with zero attached hydrogens (tertiary/aromatic N) is 1. The summed E-state index contributed by atoms with van der Waals surface area (Å²) < 4.78 is 5.28.